The van der Waals surface area contributed by atoms with Crippen LogP contribution in [0.1, 0.15) is 115 Å². The first-order chi connectivity index (χ1) is 90.8. The summed E-state index contributed by atoms with van der Waals surface area (Å²) in [5, 5.41) is -11.4. The zero-order valence-corrected chi connectivity index (χ0v) is 63.7. The van der Waals surface area contributed by atoms with Crippen LogP contribution in [0.2, 0.25) is 0 Å². The van der Waals surface area contributed by atoms with E-state index in [1.165, 1.54) is 20.8 Å². The number of hydrogen-bond acceptors (Lipinski definition) is 1. The van der Waals surface area contributed by atoms with E-state index in [2.05, 4.69) is 0 Å². The second-order valence-electron chi connectivity index (χ2n) is 27.3. The van der Waals surface area contributed by atoms with Crippen molar-refractivity contribution in [3.05, 3.63) is 452 Å². The van der Waals surface area contributed by atoms with Gasteiger partial charge >= 0.3 is 0 Å². The fourth-order valence-electron chi connectivity index (χ4n) is 14.8. The topological polar surface area (TPSA) is 4.93 Å². The predicted octanol–water partition coefficient (Wildman–Crippen LogP) is 34.7. The number of rotatable bonds is 8. The number of benzene rings is 23. The number of thiophene rings is 1. The van der Waals surface area contributed by atoms with E-state index in [0.29, 0.717) is 11.3 Å². The van der Waals surface area contributed by atoms with Gasteiger partial charge in [0.15, 0.2) is 0 Å². The number of para-hydroxylation sites is 1. The first kappa shape index (κ1) is 30.1. The molecular formula is C121H81NS. The van der Waals surface area contributed by atoms with Crippen molar-refractivity contribution in [2.75, 3.05) is 0 Å². The maximum atomic E-state index is 9.71. The molecule has 0 radical (unpaired) electrons. The molecule has 0 aliphatic carbocycles. The first-order valence-electron chi connectivity index (χ1n) is 72.8. The Morgan fingerprint density at radius 3 is 1.01 bits per heavy atom. The molecule has 0 saturated carbocycles. The van der Waals surface area contributed by atoms with Gasteiger partial charge in [0, 0.05) is 36.6 Å². The average Bonchev–Trinajstić information content (AvgIpc) is 1.63. The van der Waals surface area contributed by atoms with Gasteiger partial charge in [-0.2, -0.15) is 0 Å². The van der Waals surface area contributed by atoms with Crippen LogP contribution in [-0.2, 0) is 0 Å². The van der Waals surface area contributed by atoms with Gasteiger partial charge in [-0.05, 0) is 260 Å². The van der Waals surface area contributed by atoms with Gasteiger partial charge in [-0.1, -0.05) is 398 Å². The van der Waals surface area contributed by atoms with Crippen molar-refractivity contribution in [1.29, 1.82) is 0 Å². The minimum atomic E-state index is -1.04. The highest BCUT2D eigenvalue weighted by Crippen LogP contribution is 2.50. The van der Waals surface area contributed by atoms with E-state index in [0.717, 1.165) is 4.57 Å². The van der Waals surface area contributed by atoms with Crippen molar-refractivity contribution >= 4 is 161 Å². The summed E-state index contributed by atoms with van der Waals surface area (Å²) in [6.45, 7) is 3.97. The Kier molecular flexibility index (Phi) is 7.39. The molecule has 0 aliphatic rings. The highest BCUT2D eigenvalue weighted by molar-refractivity contribution is 7.26. The van der Waals surface area contributed by atoms with Crippen molar-refractivity contribution in [1.82, 2.24) is 4.57 Å². The highest BCUT2D eigenvalue weighted by Gasteiger charge is 2.22. The number of nitrogens with zero attached hydrogens (tertiary/aromatic N) is 1. The Morgan fingerprint density at radius 2 is 0.488 bits per heavy atom. The minimum absolute atomic E-state index is 0.0495. The predicted molar refractivity (Wildman–Crippen MR) is 534 cm³/mol. The van der Waals surface area contributed by atoms with Crippen LogP contribution in [0.25, 0.3) is 233 Å². The molecule has 0 atom stereocenters. The van der Waals surface area contributed by atoms with Crippen molar-refractivity contribution < 1.29 is 98.7 Å². The molecule has 25 rings (SSSR count). The van der Waals surface area contributed by atoms with Gasteiger partial charge in [-0.3, -0.25) is 0 Å². The van der Waals surface area contributed by atoms with E-state index < -0.39 is 621 Å². The summed E-state index contributed by atoms with van der Waals surface area (Å²) in [4.78, 5) is 0. The number of fused-ring (bicyclic) bond motifs is 22. The molecule has 1 nitrogen and oxygen atoms in total. The minimum Gasteiger partial charge on any atom is -0.309 e. The third-order valence-electron chi connectivity index (χ3n) is 20.1. The van der Waals surface area contributed by atoms with E-state index in [-0.39, 0.29) is 64.3 Å². The molecule has 23 aromatic carbocycles. The summed E-state index contributed by atoms with van der Waals surface area (Å²) in [5.41, 5.74) is -10.8. The van der Waals surface area contributed by atoms with Crippen molar-refractivity contribution in [2.45, 2.75) is 20.8 Å². The lowest BCUT2D eigenvalue weighted by Gasteiger charge is -2.20. The van der Waals surface area contributed by atoms with E-state index in [1.54, 1.807) is 0 Å². The molecule has 0 N–H and O–H groups in total. The largest absolute Gasteiger partial charge is 0.309 e. The quantitative estimate of drug-likeness (QED) is 0.106. The lowest BCUT2D eigenvalue weighted by molar-refractivity contribution is 1.18. The lowest BCUT2D eigenvalue weighted by Crippen LogP contribution is -1.94. The van der Waals surface area contributed by atoms with Crippen LogP contribution in [-0.4, -0.2) is 4.57 Å². The molecule has 0 aliphatic heterocycles. The van der Waals surface area contributed by atoms with Crippen LogP contribution in [0, 0.1) is 20.8 Å². The van der Waals surface area contributed by atoms with Gasteiger partial charge in [-0.25, -0.2) is 0 Å². The van der Waals surface area contributed by atoms with Crippen molar-refractivity contribution in [3.8, 4) is 83.6 Å². The smallest absolute Gasteiger partial charge is 0.0648 e. The monoisotopic (exact) mass is 1650 g/mol. The molecule has 0 bridgehead atoms. The molecule has 0 fully saturated rings. The molecular weight excluding hydrogens is 1500 g/mol. The van der Waals surface area contributed by atoms with Gasteiger partial charge in [0.25, 0.3) is 0 Å². The molecule has 25 aromatic rings. The van der Waals surface area contributed by atoms with Crippen LogP contribution in [0.4, 0.5) is 0 Å². The third kappa shape index (κ3) is 12.6. The van der Waals surface area contributed by atoms with Gasteiger partial charge in [-0.15, -0.1) is 11.3 Å². The fourth-order valence-corrected chi connectivity index (χ4v) is 16.0. The Bertz CT molecular complexity index is 12800. The summed E-state index contributed by atoms with van der Waals surface area (Å²) in [6.07, 6.45) is 0. The Balaban J connectivity index is 0.000000152. The van der Waals surface area contributed by atoms with Gasteiger partial charge in [0.05, 0.1) is 110 Å². The second-order valence-corrected chi connectivity index (χ2v) is 28.3. The summed E-state index contributed by atoms with van der Waals surface area (Å²) in [5.74, 6) is 0. The van der Waals surface area contributed by atoms with Gasteiger partial charge < -0.3 is 4.57 Å². The van der Waals surface area contributed by atoms with E-state index in [9.17, 15) is 27.4 Å². The maximum absolute atomic E-state index is 9.71. The third-order valence-corrected chi connectivity index (χ3v) is 21.3. The number of aromatic nitrogens is 1. The van der Waals surface area contributed by atoms with Crippen molar-refractivity contribution in [3.63, 3.8) is 0 Å². The standard InChI is InChI=1S/C43H29N.C43H28S.C35H24/c1-28-17-23-40-39-15-6-7-16-42(39)44(43(40)25-28)33-21-18-29(19-22-33)30-9-8-10-31(26-30)32-20-24-38-36-13-3-2-11-34(36)35-12-4-5-14-37(35)41(38)27-32;1-27-10-6-12-30(24-27)32-18-8-20-39-40-21-9-19-33(43(40)44-42(32)39)31-13-7-11-28(25-31)29-22-23-38-36-16-3-2-14-34(36)35-15-4-5-17-37(35)41(38)26-29;1-23-20-21-32-33(22-23)35(29-19-9-13-25-11-3-5-15-27(25)29)31-17-7-6-16-30(31)34(32)28-18-8-12-24-10-2-4-14-26(24)28/h2-27H,1H3;2-26H,1H3;2-22H,1H3/i2D,3D,4D,5D,6D,7D,8D,9D,10D,11D,12D,13D,14D,15D,16D,17D,18D,19D,20D,21D,22D,23D,24D,25D,26D,27D;2D,3D,4D,5D,6D,7D,8D,9D,10D,11D,12D,13D,14D,15D,16D,17D,18D,19D,20D,21D,22D,23D,24D,25D,26D;2D,3D,4D,5D,6D,7D,8D,9D,10D,11D,12D,13D,14D,15D,16D,17D,18D,19D,20D,21D,22D. The van der Waals surface area contributed by atoms with E-state index in [1.807, 2.05) is 0 Å². The zero-order valence-electron chi connectivity index (χ0n) is 135. The second kappa shape index (κ2) is 30.2. The molecule has 576 valence electrons. The lowest BCUT2D eigenvalue weighted by atomic mass is 9.83. The molecule has 0 unspecified atom stereocenters. The van der Waals surface area contributed by atoms with E-state index >= 15 is 0 Å². The SMILES string of the molecule is [2H]c1c([2H])c(-c2c([2H])c([2H])c(-n3c4c([2H])c([2H])c([2H])c([2H])c4c4c([2H])c([2H])c(C)c([2H])c43)c([2H])c2[2H])c([2H])c(-c2c([2H])c([2H])c3c4c([2H])c([2H])c([2H])c([2H])c4c4c([2H])c([2H])c([2H])c([2H])c4c3c2[2H])c1[2H].[2H]c1c([2H])c(C)c([2H])c(-c2c([2H])c([2H])c([2H])c3c2sc2c(-c4c([2H])c([2H])c([2H])c(-c5c([2H])c([2H])c6c7c([2H])c([2H])c([2H])c([2H])c7c7c([2H])c([2H])c([2H])c([2H])c7c6c5[2H])c4[2H])c([2H])c([2H])c([2H])c23)c1[2H].[2H]c1c([2H])c([2H])c2c(-c3c4c([2H])c([2H])c([2H])c([2H])c4c(-c4c([2H])c([2H])c([2H])c5c([2H])c([2H])c([2H])c([2H])c45)c4c([2H])c(C)c([2H])c([2H])c34)c([2H])c([2H])c([2H])c2c1[2H]. The molecule has 0 saturated heterocycles. The normalized spacial score (nSPS) is 19.9. The molecule has 2 aromatic heterocycles. The van der Waals surface area contributed by atoms with Crippen LogP contribution in [0.5, 0.6) is 0 Å². The Morgan fingerprint density at radius 1 is 0.179 bits per heavy atom. The summed E-state index contributed by atoms with van der Waals surface area (Å²) in [7, 11) is 0. The van der Waals surface area contributed by atoms with Crippen LogP contribution >= 0.6 is 11.3 Å². The first-order valence-corrected chi connectivity index (χ1v) is 37.6. The molecule has 2 heteroatoms. The van der Waals surface area contributed by atoms with E-state index in [4.69, 9.17) is 71.3 Å². The van der Waals surface area contributed by atoms with Gasteiger partial charge in [0.1, 0.15) is 0 Å². The van der Waals surface area contributed by atoms with Crippen LogP contribution in [0.3, 0.4) is 0 Å². The summed E-state index contributed by atoms with van der Waals surface area (Å²) in [6, 6.07) is -57.8. The van der Waals surface area contributed by atoms with Crippen LogP contribution in [0.15, 0.2) is 435 Å². The van der Waals surface area contributed by atoms with Crippen molar-refractivity contribution in [2.24, 2.45) is 0 Å². The summed E-state index contributed by atoms with van der Waals surface area (Å²) < 4.78 is 642. The maximum Gasteiger partial charge on any atom is 0.0648 e. The van der Waals surface area contributed by atoms with Gasteiger partial charge in [0.2, 0.25) is 0 Å². The molecule has 123 heavy (non-hydrogen) atoms. The Hall–Kier alpha value is -15.3. The fraction of sp³-hybridized carbons (Fsp3) is 0.0248. The number of hydrogen-bond donors (Lipinski definition) is 0. The molecule has 0 spiro atoms. The Labute approximate surface area is 819 Å². The average molecular weight is 1650 g/mol. The molecule has 0 amide bonds. The highest BCUT2D eigenvalue weighted by atomic mass is 32.1. The summed E-state index contributed by atoms with van der Waals surface area (Å²) >= 11 is 0.631. The van der Waals surface area contributed by atoms with Crippen LogP contribution < -0.4 is 0 Å². The molecule has 2 heterocycles. The zero-order chi connectivity index (χ0) is 144.